The van der Waals surface area contributed by atoms with Gasteiger partial charge in [0.25, 0.3) is 0 Å². The Kier molecular flexibility index (Phi) is 6.65. The molecule has 0 saturated heterocycles. The summed E-state index contributed by atoms with van der Waals surface area (Å²) in [6, 6.07) is 0. The summed E-state index contributed by atoms with van der Waals surface area (Å²) in [4.78, 5) is 0. The molecule has 0 bridgehead atoms. The fourth-order valence-electron chi connectivity index (χ4n) is 0.929. The Bertz CT molecular complexity index is 309. The summed E-state index contributed by atoms with van der Waals surface area (Å²) in [5.41, 5.74) is 2.27. The fraction of sp³-hybridized carbons (Fsp3) is 0.833. The van der Waals surface area contributed by atoms with Gasteiger partial charge in [0.2, 0.25) is 0 Å². The molecule has 0 aliphatic heterocycles. The average molecular weight is 366 g/mol. The molecule has 0 aliphatic rings. The number of nitrogens with zero attached hydrogens (tertiary/aromatic N) is 2. The van der Waals surface area contributed by atoms with Crippen molar-refractivity contribution in [2.24, 2.45) is 21.0 Å². The Labute approximate surface area is 123 Å². The summed E-state index contributed by atoms with van der Waals surface area (Å²) in [6.07, 6.45) is 0.852. The molecule has 0 radical (unpaired) electrons. The molecule has 0 rings (SSSR count). The molecule has 0 unspecified atom stereocenters. The van der Waals surface area contributed by atoms with Crippen molar-refractivity contribution in [1.82, 2.24) is 0 Å². The van der Waals surface area contributed by atoms with E-state index in [1.807, 2.05) is 6.92 Å². The molecule has 0 N–H and O–H groups in total. The van der Waals surface area contributed by atoms with E-state index in [0.717, 1.165) is 17.7 Å². The summed E-state index contributed by atoms with van der Waals surface area (Å²) in [6.45, 7) is 15.0. The molecular formula is C12H23BBr2N2. The van der Waals surface area contributed by atoms with Crippen molar-refractivity contribution in [2.45, 2.75) is 54.8 Å². The third kappa shape index (κ3) is 7.40. The summed E-state index contributed by atoms with van der Waals surface area (Å²) >= 11 is 7.00. The van der Waals surface area contributed by atoms with Gasteiger partial charge in [0, 0.05) is 22.3 Å². The van der Waals surface area contributed by atoms with Gasteiger partial charge in [-0.2, -0.15) is 10.2 Å². The molecule has 0 spiro atoms. The van der Waals surface area contributed by atoms with Crippen LogP contribution in [0.5, 0.6) is 0 Å². The van der Waals surface area contributed by atoms with Crippen LogP contribution in [-0.4, -0.2) is 15.8 Å². The summed E-state index contributed by atoms with van der Waals surface area (Å²) < 4.78 is 0.248. The Hall–Kier alpha value is 0.365. The van der Waals surface area contributed by atoms with Gasteiger partial charge in [-0.25, -0.2) is 0 Å². The van der Waals surface area contributed by atoms with Crippen LogP contribution >= 0.6 is 31.5 Å². The van der Waals surface area contributed by atoms with Crippen LogP contribution in [0.2, 0.25) is 6.32 Å². The van der Waals surface area contributed by atoms with E-state index in [0.29, 0.717) is 0 Å². The highest BCUT2D eigenvalue weighted by Crippen LogP contribution is 2.24. The van der Waals surface area contributed by atoms with Gasteiger partial charge in [0.15, 0.2) is 0 Å². The smallest absolute Gasteiger partial charge is 0.160 e. The molecule has 98 valence electrons. The minimum absolute atomic E-state index is 0.0431. The van der Waals surface area contributed by atoms with Gasteiger partial charge in [0.1, 0.15) is 0 Å². The Morgan fingerprint density at radius 3 is 1.71 bits per heavy atom. The molecule has 0 heterocycles. The zero-order chi connectivity index (χ0) is 13.9. The van der Waals surface area contributed by atoms with Crippen LogP contribution in [0.25, 0.3) is 0 Å². The Balaban J connectivity index is 5.08. The fourth-order valence-corrected chi connectivity index (χ4v) is 1.54. The van der Waals surface area contributed by atoms with Crippen LogP contribution in [0, 0.1) is 10.8 Å². The highest BCUT2D eigenvalue weighted by molar-refractivity contribution is 9.49. The Morgan fingerprint density at radius 1 is 0.941 bits per heavy atom. The van der Waals surface area contributed by atoms with Crippen molar-refractivity contribution < 1.29 is 0 Å². The van der Waals surface area contributed by atoms with Crippen LogP contribution in [0.4, 0.5) is 0 Å². The van der Waals surface area contributed by atoms with Crippen LogP contribution in [0.15, 0.2) is 10.2 Å². The molecule has 0 aliphatic carbocycles. The van der Waals surface area contributed by atoms with Crippen molar-refractivity contribution in [3.63, 3.8) is 0 Å². The van der Waals surface area contributed by atoms with E-state index in [1.54, 1.807) is 0 Å². The lowest BCUT2D eigenvalue weighted by atomic mass is 9.82. The third-order valence-electron chi connectivity index (χ3n) is 2.62. The number of hydrogen-bond acceptors (Lipinski definition) is 2. The van der Waals surface area contributed by atoms with Crippen molar-refractivity contribution in [3.8, 4) is 0 Å². The largest absolute Gasteiger partial charge is 0.304 e. The maximum atomic E-state index is 4.45. The summed E-state index contributed by atoms with van der Waals surface area (Å²) in [5.74, 6) is 0. The predicted octanol–water partition coefficient (Wildman–Crippen LogP) is 5.17. The van der Waals surface area contributed by atoms with Gasteiger partial charge in [-0.15, -0.1) is 31.5 Å². The van der Waals surface area contributed by atoms with Crippen molar-refractivity contribution in [3.05, 3.63) is 0 Å². The summed E-state index contributed by atoms with van der Waals surface area (Å²) in [7, 11) is 0. The van der Waals surface area contributed by atoms with E-state index in [4.69, 9.17) is 0 Å². The highest BCUT2D eigenvalue weighted by Gasteiger charge is 2.23. The van der Waals surface area contributed by atoms with Gasteiger partial charge >= 0.3 is 4.36 Å². The van der Waals surface area contributed by atoms with Crippen LogP contribution < -0.4 is 0 Å². The SMILES string of the molecule is C/C(=N\N=C(\CB(Br)Br)C(C)(C)C)C(C)(C)C. The molecular weight excluding hydrogens is 343 g/mol. The lowest BCUT2D eigenvalue weighted by Gasteiger charge is -2.21. The molecule has 0 aromatic heterocycles. The van der Waals surface area contributed by atoms with E-state index in [2.05, 4.69) is 83.3 Å². The highest BCUT2D eigenvalue weighted by atomic mass is 79.9. The van der Waals surface area contributed by atoms with Gasteiger partial charge < -0.3 is 0 Å². The maximum absolute atomic E-state index is 4.45. The first-order chi connectivity index (χ1) is 7.44. The summed E-state index contributed by atoms with van der Waals surface area (Å²) in [5, 5.41) is 8.82. The van der Waals surface area contributed by atoms with Gasteiger partial charge in [-0.1, -0.05) is 41.5 Å². The van der Waals surface area contributed by atoms with E-state index >= 15 is 0 Å². The molecule has 17 heavy (non-hydrogen) atoms. The van der Waals surface area contributed by atoms with Crippen molar-refractivity contribution in [1.29, 1.82) is 0 Å². The number of rotatable bonds is 3. The van der Waals surface area contributed by atoms with Crippen molar-refractivity contribution >= 4 is 47.3 Å². The molecule has 2 nitrogen and oxygen atoms in total. The second-order valence-electron chi connectivity index (χ2n) is 6.33. The molecule has 0 aromatic carbocycles. The molecule has 5 heteroatoms. The average Bonchev–Trinajstić information content (AvgIpc) is 2.07. The van der Waals surface area contributed by atoms with Crippen LogP contribution in [0.1, 0.15) is 48.5 Å². The molecule has 0 saturated carbocycles. The van der Waals surface area contributed by atoms with Gasteiger partial charge in [-0.05, 0) is 13.2 Å². The van der Waals surface area contributed by atoms with Crippen LogP contribution in [-0.2, 0) is 0 Å². The maximum Gasteiger partial charge on any atom is 0.304 e. The first kappa shape index (κ1) is 17.4. The normalized spacial score (nSPS) is 15.1. The minimum Gasteiger partial charge on any atom is -0.160 e. The lowest BCUT2D eigenvalue weighted by Crippen LogP contribution is -2.23. The van der Waals surface area contributed by atoms with Crippen LogP contribution in [0.3, 0.4) is 0 Å². The van der Waals surface area contributed by atoms with E-state index in [9.17, 15) is 0 Å². The topological polar surface area (TPSA) is 24.7 Å². The zero-order valence-electron chi connectivity index (χ0n) is 11.9. The quantitative estimate of drug-likeness (QED) is 0.374. The van der Waals surface area contributed by atoms with E-state index in [-0.39, 0.29) is 15.2 Å². The van der Waals surface area contributed by atoms with E-state index in [1.165, 1.54) is 0 Å². The first-order valence-corrected chi connectivity index (χ1v) is 7.68. The second kappa shape index (κ2) is 6.51. The number of halogens is 2. The molecule has 0 aromatic rings. The number of hydrogen-bond donors (Lipinski definition) is 0. The van der Waals surface area contributed by atoms with Gasteiger partial charge in [0.05, 0.1) is 0 Å². The zero-order valence-corrected chi connectivity index (χ0v) is 15.1. The lowest BCUT2D eigenvalue weighted by molar-refractivity contribution is 0.577. The minimum atomic E-state index is 0.0431. The van der Waals surface area contributed by atoms with E-state index < -0.39 is 0 Å². The first-order valence-electron chi connectivity index (χ1n) is 5.85. The molecule has 0 amide bonds. The standard InChI is InChI=1S/C12H23BBr2N2/c1-9(11(2,3)4)16-17-10(8-13(14)15)12(5,6)7/h8H2,1-7H3/b16-9+,17-10-. The Morgan fingerprint density at radius 2 is 1.41 bits per heavy atom. The van der Waals surface area contributed by atoms with Crippen molar-refractivity contribution in [2.75, 3.05) is 0 Å². The predicted molar refractivity (Wildman–Crippen MR) is 87.9 cm³/mol. The third-order valence-corrected chi connectivity index (χ3v) is 3.27. The molecule has 0 fully saturated rings. The molecule has 0 atom stereocenters. The second-order valence-corrected chi connectivity index (χ2v) is 9.77. The monoisotopic (exact) mass is 364 g/mol. The van der Waals surface area contributed by atoms with Gasteiger partial charge in [-0.3, -0.25) is 0 Å².